The Labute approximate surface area is 85.4 Å². The van der Waals surface area contributed by atoms with Crippen LogP contribution in [0.1, 0.15) is 0 Å². The fourth-order valence-corrected chi connectivity index (χ4v) is 0.954. The molecule has 0 aromatic rings. The molecule has 0 radical (unpaired) electrons. The largest absolute Gasteiger partial charge is 0.480 e. The van der Waals surface area contributed by atoms with Crippen molar-refractivity contribution < 1.29 is 24.6 Å². The Balaban J connectivity index is 4.98. The van der Waals surface area contributed by atoms with Crippen LogP contribution in [0.3, 0.4) is 0 Å². The lowest BCUT2D eigenvalue weighted by atomic mass is 10.2. The highest BCUT2D eigenvalue weighted by Gasteiger charge is 2.32. The van der Waals surface area contributed by atoms with E-state index in [-0.39, 0.29) is 0 Å². The van der Waals surface area contributed by atoms with Gasteiger partial charge in [0.25, 0.3) is 0 Å². The molecule has 0 saturated carbocycles. The number of hydrogen-bond donors (Lipinski definition) is 4. The van der Waals surface area contributed by atoms with Gasteiger partial charge in [0.2, 0.25) is 11.8 Å². The number of carbonyl (C=O) groups excluding carboxylic acids is 2. The molecule has 0 saturated heterocycles. The maximum atomic E-state index is 11.2. The normalized spacial score (nSPS) is 11.9. The highest BCUT2D eigenvalue weighted by atomic mass is 16.4. The van der Waals surface area contributed by atoms with Crippen molar-refractivity contribution in [3.8, 4) is 0 Å². The zero-order valence-electron chi connectivity index (χ0n) is 7.92. The highest BCUT2D eigenvalue weighted by Crippen LogP contribution is 2.00. The number of carbonyl (C=O) groups is 3. The molecule has 0 heterocycles. The number of amides is 2. The van der Waals surface area contributed by atoms with Crippen LogP contribution in [-0.4, -0.2) is 58.6 Å². The lowest BCUT2D eigenvalue weighted by molar-refractivity contribution is -0.158. The Bertz CT molecular complexity index is 251. The van der Waals surface area contributed by atoms with Crippen LogP contribution in [0.4, 0.5) is 0 Å². The van der Waals surface area contributed by atoms with Gasteiger partial charge in [0.1, 0.15) is 0 Å². The van der Waals surface area contributed by atoms with Crippen LogP contribution in [0.15, 0.2) is 0 Å². The molecule has 8 nitrogen and oxygen atoms in total. The molecule has 1 unspecified atom stereocenters. The van der Waals surface area contributed by atoms with Crippen LogP contribution in [0.25, 0.3) is 0 Å². The Hall–Kier alpha value is -1.51. The molecule has 0 aromatic heterocycles. The molecule has 0 aromatic carbocycles. The third-order valence-corrected chi connectivity index (χ3v) is 1.66. The first-order valence-electron chi connectivity index (χ1n) is 4.08. The standard InChI is InChI=1S/C7H13N3O5/c8-1-5(12)10(6(13)2-9)4(3-11)7(14)15/h4,11H,1-3,8-9H2,(H,14,15). The summed E-state index contributed by atoms with van der Waals surface area (Å²) in [4.78, 5) is 33.3. The van der Waals surface area contributed by atoms with Crippen molar-refractivity contribution in [2.45, 2.75) is 6.04 Å². The maximum absolute atomic E-state index is 11.2. The summed E-state index contributed by atoms with van der Waals surface area (Å²) in [5.41, 5.74) is 10.00. The van der Waals surface area contributed by atoms with Gasteiger partial charge in [-0.2, -0.15) is 0 Å². The van der Waals surface area contributed by atoms with E-state index in [1.165, 1.54) is 0 Å². The number of carboxylic acid groups (broad SMARTS) is 1. The molecule has 0 aliphatic rings. The minimum atomic E-state index is -1.64. The third-order valence-electron chi connectivity index (χ3n) is 1.66. The molecule has 8 heteroatoms. The van der Waals surface area contributed by atoms with Gasteiger partial charge in [-0.05, 0) is 0 Å². The molecule has 0 rings (SSSR count). The number of nitrogens with zero attached hydrogens (tertiary/aromatic N) is 1. The van der Waals surface area contributed by atoms with Crippen molar-refractivity contribution in [2.24, 2.45) is 11.5 Å². The van der Waals surface area contributed by atoms with Gasteiger partial charge in [-0.1, -0.05) is 0 Å². The van der Waals surface area contributed by atoms with Gasteiger partial charge in [0, 0.05) is 0 Å². The molecule has 0 aliphatic heterocycles. The topological polar surface area (TPSA) is 147 Å². The van der Waals surface area contributed by atoms with E-state index >= 15 is 0 Å². The molecule has 15 heavy (non-hydrogen) atoms. The third kappa shape index (κ3) is 3.27. The lowest BCUT2D eigenvalue weighted by Gasteiger charge is -2.24. The number of aliphatic carboxylic acids is 1. The molecule has 1 atom stereocenters. The molecule has 6 N–H and O–H groups in total. The second-order valence-corrected chi connectivity index (χ2v) is 2.60. The summed E-state index contributed by atoms with van der Waals surface area (Å²) in [5, 5.41) is 17.4. The number of rotatable bonds is 5. The SMILES string of the molecule is NCC(=O)N(C(=O)CN)C(CO)C(=O)O. The molecular formula is C7H13N3O5. The molecule has 0 fully saturated rings. The maximum Gasteiger partial charge on any atom is 0.329 e. The van der Waals surface area contributed by atoms with E-state index in [0.717, 1.165) is 0 Å². The Morgan fingerprint density at radius 1 is 1.13 bits per heavy atom. The fourth-order valence-electron chi connectivity index (χ4n) is 0.954. The van der Waals surface area contributed by atoms with E-state index in [4.69, 9.17) is 21.7 Å². The van der Waals surface area contributed by atoms with Gasteiger partial charge in [-0.3, -0.25) is 14.5 Å². The zero-order chi connectivity index (χ0) is 12.0. The Morgan fingerprint density at radius 2 is 1.53 bits per heavy atom. The molecule has 86 valence electrons. The first kappa shape index (κ1) is 13.5. The lowest BCUT2D eigenvalue weighted by Crippen LogP contribution is -2.54. The molecule has 0 bridgehead atoms. The number of aliphatic hydroxyl groups is 1. The van der Waals surface area contributed by atoms with E-state index in [1.54, 1.807) is 0 Å². The van der Waals surface area contributed by atoms with Gasteiger partial charge in [-0.25, -0.2) is 4.79 Å². The second-order valence-electron chi connectivity index (χ2n) is 2.60. The van der Waals surface area contributed by atoms with Crippen molar-refractivity contribution in [3.05, 3.63) is 0 Å². The number of nitrogens with two attached hydrogens (primary N) is 2. The van der Waals surface area contributed by atoms with Crippen molar-refractivity contribution in [1.29, 1.82) is 0 Å². The van der Waals surface area contributed by atoms with Crippen molar-refractivity contribution >= 4 is 17.8 Å². The predicted octanol–water partition coefficient (Wildman–Crippen LogP) is -3.30. The van der Waals surface area contributed by atoms with E-state index in [1.807, 2.05) is 0 Å². The van der Waals surface area contributed by atoms with Crippen LogP contribution in [0.5, 0.6) is 0 Å². The number of imide groups is 1. The average Bonchev–Trinajstić information content (AvgIpc) is 2.23. The summed E-state index contributed by atoms with van der Waals surface area (Å²) in [6.45, 7) is -1.95. The Morgan fingerprint density at radius 3 is 1.73 bits per heavy atom. The summed E-state index contributed by atoms with van der Waals surface area (Å²) in [6, 6.07) is -1.64. The molecule has 2 amide bonds. The molecule has 0 aliphatic carbocycles. The van der Waals surface area contributed by atoms with Crippen molar-refractivity contribution in [2.75, 3.05) is 19.7 Å². The summed E-state index contributed by atoms with van der Waals surface area (Å²) >= 11 is 0. The average molecular weight is 219 g/mol. The Kier molecular flexibility index (Phi) is 5.45. The summed E-state index contributed by atoms with van der Waals surface area (Å²) < 4.78 is 0. The van der Waals surface area contributed by atoms with Gasteiger partial charge < -0.3 is 21.7 Å². The minimum absolute atomic E-state index is 0.363. The van der Waals surface area contributed by atoms with E-state index in [9.17, 15) is 14.4 Å². The van der Waals surface area contributed by atoms with Crippen molar-refractivity contribution in [1.82, 2.24) is 4.90 Å². The minimum Gasteiger partial charge on any atom is -0.480 e. The van der Waals surface area contributed by atoms with Gasteiger partial charge >= 0.3 is 5.97 Å². The monoisotopic (exact) mass is 219 g/mol. The summed E-state index contributed by atoms with van der Waals surface area (Å²) in [5.74, 6) is -3.29. The number of hydrogen-bond acceptors (Lipinski definition) is 6. The van der Waals surface area contributed by atoms with Crippen LogP contribution in [0, 0.1) is 0 Å². The summed E-state index contributed by atoms with van der Waals surface area (Å²) in [6.07, 6.45) is 0. The van der Waals surface area contributed by atoms with Crippen LogP contribution >= 0.6 is 0 Å². The summed E-state index contributed by atoms with van der Waals surface area (Å²) in [7, 11) is 0. The first-order valence-corrected chi connectivity index (χ1v) is 4.08. The van der Waals surface area contributed by atoms with Gasteiger partial charge in [-0.15, -0.1) is 0 Å². The van der Waals surface area contributed by atoms with E-state index < -0.39 is 43.5 Å². The van der Waals surface area contributed by atoms with Crippen molar-refractivity contribution in [3.63, 3.8) is 0 Å². The quantitative estimate of drug-likeness (QED) is 0.378. The highest BCUT2D eigenvalue weighted by molar-refractivity contribution is 6.00. The van der Waals surface area contributed by atoms with Crippen LogP contribution < -0.4 is 11.5 Å². The van der Waals surface area contributed by atoms with Crippen LogP contribution in [0.2, 0.25) is 0 Å². The predicted molar refractivity (Wildman–Crippen MR) is 48.5 cm³/mol. The fraction of sp³-hybridized carbons (Fsp3) is 0.571. The van der Waals surface area contributed by atoms with E-state index in [0.29, 0.717) is 4.90 Å². The zero-order valence-corrected chi connectivity index (χ0v) is 7.92. The number of aliphatic hydroxyl groups excluding tert-OH is 1. The molecule has 0 spiro atoms. The number of carboxylic acids is 1. The first-order chi connectivity index (χ1) is 6.99. The smallest absolute Gasteiger partial charge is 0.329 e. The van der Waals surface area contributed by atoms with Gasteiger partial charge in [0.15, 0.2) is 6.04 Å². The molecular weight excluding hydrogens is 206 g/mol. The van der Waals surface area contributed by atoms with E-state index in [2.05, 4.69) is 0 Å². The van der Waals surface area contributed by atoms with Crippen LogP contribution in [-0.2, 0) is 14.4 Å². The van der Waals surface area contributed by atoms with Gasteiger partial charge in [0.05, 0.1) is 19.7 Å². The second kappa shape index (κ2) is 6.06.